The van der Waals surface area contributed by atoms with Gasteiger partial charge in [-0.1, -0.05) is 11.6 Å². The fourth-order valence-electron chi connectivity index (χ4n) is 4.67. The molecule has 38 heavy (non-hydrogen) atoms. The second kappa shape index (κ2) is 12.5. The third-order valence-electron chi connectivity index (χ3n) is 6.58. The zero-order valence-corrected chi connectivity index (χ0v) is 23.7. The summed E-state index contributed by atoms with van der Waals surface area (Å²) in [4.78, 5) is 54.8. The van der Waals surface area contributed by atoms with E-state index in [2.05, 4.69) is 42.8 Å². The van der Waals surface area contributed by atoms with Gasteiger partial charge in [-0.3, -0.25) is 14.4 Å². The molecule has 0 radical (unpaired) electrons. The van der Waals surface area contributed by atoms with Gasteiger partial charge in [0.2, 0.25) is 0 Å². The van der Waals surface area contributed by atoms with E-state index in [0.29, 0.717) is 22.9 Å². The van der Waals surface area contributed by atoms with Crippen LogP contribution in [0.4, 0.5) is 5.82 Å². The van der Waals surface area contributed by atoms with Gasteiger partial charge in [0.05, 0.1) is 21.8 Å². The van der Waals surface area contributed by atoms with E-state index in [1.807, 2.05) is 5.38 Å². The highest BCUT2D eigenvalue weighted by atomic mass is 35.5. The van der Waals surface area contributed by atoms with Crippen LogP contribution in [-0.2, 0) is 22.6 Å². The minimum absolute atomic E-state index is 0. The molecule has 202 valence electrons. The molecule has 1 aliphatic heterocycles. The first-order valence-electron chi connectivity index (χ1n) is 12.0. The summed E-state index contributed by atoms with van der Waals surface area (Å²) in [7, 11) is 2.05. The molecule has 0 unspecified atom stereocenters. The number of anilines is 1. The largest absolute Gasteiger partial charge is 0.345 e. The molecule has 2 aliphatic rings. The van der Waals surface area contributed by atoms with Crippen molar-refractivity contribution < 1.29 is 14.4 Å². The van der Waals surface area contributed by atoms with E-state index < -0.39 is 17.9 Å². The second-order valence-electron chi connectivity index (χ2n) is 9.23. The van der Waals surface area contributed by atoms with Crippen molar-refractivity contribution in [3.05, 3.63) is 55.5 Å². The SMILES string of the molecule is CN1CCc2nc(C(=O)N[C@@H]3C[C@@H](c4nccs4)CC[C@@H]3NC(=O)C(=O)Nc3ccc(Cl)cn3)sc2C1.Cl. The number of rotatable bonds is 5. The van der Waals surface area contributed by atoms with Crippen LogP contribution in [0.15, 0.2) is 29.9 Å². The van der Waals surface area contributed by atoms with Gasteiger partial charge < -0.3 is 20.9 Å². The number of fused-ring (bicyclic) bond motifs is 1. The maximum absolute atomic E-state index is 13.2. The van der Waals surface area contributed by atoms with Gasteiger partial charge in [-0.05, 0) is 38.4 Å². The smallest absolute Gasteiger partial charge is 0.314 e. The third-order valence-corrected chi connectivity index (χ3v) is 8.82. The highest BCUT2D eigenvalue weighted by Gasteiger charge is 2.36. The van der Waals surface area contributed by atoms with Gasteiger partial charge in [0, 0.05) is 54.1 Å². The lowest BCUT2D eigenvalue weighted by Gasteiger charge is -2.36. The van der Waals surface area contributed by atoms with Crippen LogP contribution >= 0.6 is 46.7 Å². The van der Waals surface area contributed by atoms with Gasteiger partial charge in [-0.15, -0.1) is 35.1 Å². The van der Waals surface area contributed by atoms with Crippen molar-refractivity contribution in [2.24, 2.45) is 0 Å². The number of carbonyl (C=O) groups excluding carboxylic acids is 3. The summed E-state index contributed by atoms with van der Waals surface area (Å²) < 4.78 is 0. The van der Waals surface area contributed by atoms with Crippen molar-refractivity contribution in [2.45, 2.75) is 50.2 Å². The summed E-state index contributed by atoms with van der Waals surface area (Å²) >= 11 is 8.82. The maximum Gasteiger partial charge on any atom is 0.314 e. The van der Waals surface area contributed by atoms with Gasteiger partial charge in [0.15, 0.2) is 5.01 Å². The Hall–Kier alpha value is -2.64. The molecule has 0 spiro atoms. The molecule has 1 saturated carbocycles. The Morgan fingerprint density at radius 3 is 2.68 bits per heavy atom. The summed E-state index contributed by atoms with van der Waals surface area (Å²) in [6.07, 6.45) is 5.94. The number of hydrogen-bond donors (Lipinski definition) is 3. The minimum Gasteiger partial charge on any atom is -0.345 e. The van der Waals surface area contributed by atoms with Crippen molar-refractivity contribution >= 4 is 70.2 Å². The van der Waals surface area contributed by atoms with Crippen molar-refractivity contribution in [1.29, 1.82) is 0 Å². The molecule has 0 saturated heterocycles. The van der Waals surface area contributed by atoms with Gasteiger partial charge in [0.1, 0.15) is 5.82 Å². The third kappa shape index (κ3) is 6.67. The van der Waals surface area contributed by atoms with E-state index in [0.717, 1.165) is 41.5 Å². The van der Waals surface area contributed by atoms with E-state index in [1.165, 1.54) is 23.6 Å². The first kappa shape index (κ1) is 28.4. The number of nitrogens with one attached hydrogen (secondary N) is 3. The molecule has 0 bridgehead atoms. The quantitative estimate of drug-likeness (QED) is 0.386. The first-order chi connectivity index (χ1) is 17.9. The van der Waals surface area contributed by atoms with Crippen molar-refractivity contribution in [3.63, 3.8) is 0 Å². The highest BCUT2D eigenvalue weighted by molar-refractivity contribution is 7.13. The number of amides is 3. The lowest BCUT2D eigenvalue weighted by atomic mass is 9.82. The van der Waals surface area contributed by atoms with Crippen LogP contribution in [0, 0.1) is 0 Å². The summed E-state index contributed by atoms with van der Waals surface area (Å²) in [5.41, 5.74) is 0.981. The Morgan fingerprint density at radius 1 is 1.11 bits per heavy atom. The number of hydrogen-bond acceptors (Lipinski definition) is 9. The number of carbonyl (C=O) groups is 3. The predicted octanol–water partition coefficient (Wildman–Crippen LogP) is 3.25. The Morgan fingerprint density at radius 2 is 1.95 bits per heavy atom. The van der Waals surface area contributed by atoms with Crippen LogP contribution in [0.1, 0.15) is 50.6 Å². The van der Waals surface area contributed by atoms with E-state index in [-0.39, 0.29) is 36.1 Å². The average molecular weight is 597 g/mol. The summed E-state index contributed by atoms with van der Waals surface area (Å²) in [5.74, 6) is -1.51. The van der Waals surface area contributed by atoms with Gasteiger partial charge in [0.25, 0.3) is 5.91 Å². The molecule has 5 rings (SSSR count). The monoisotopic (exact) mass is 595 g/mol. The molecule has 3 aromatic heterocycles. The zero-order chi connectivity index (χ0) is 25.9. The Balaban J connectivity index is 0.00000336. The van der Waals surface area contributed by atoms with Crippen molar-refractivity contribution in [2.75, 3.05) is 18.9 Å². The van der Waals surface area contributed by atoms with Gasteiger partial charge in [-0.25, -0.2) is 15.0 Å². The normalized spacial score (nSPS) is 21.1. The standard InChI is InChI=1S/C24H26ClN7O3S2.ClH/c1-32-8-6-16-18(12-32)37-24(30-16)22(35)29-17-10-13(23-26-7-9-36-23)2-4-15(17)28-20(33)21(34)31-19-5-3-14(25)11-27-19;/h3,5,7,9,11,13,15,17H,2,4,6,8,10,12H2,1H3,(H,28,33)(H,29,35)(H,27,31,34);1H/t13-,15-,17+;/m0./s1. The molecule has 1 aliphatic carbocycles. The molecule has 1 fully saturated rings. The van der Waals surface area contributed by atoms with E-state index in [9.17, 15) is 14.4 Å². The van der Waals surface area contributed by atoms with E-state index in [4.69, 9.17) is 11.6 Å². The first-order valence-corrected chi connectivity index (χ1v) is 14.0. The number of pyridine rings is 1. The molecule has 0 aromatic carbocycles. The minimum atomic E-state index is -0.835. The fourth-order valence-corrected chi connectivity index (χ4v) is 6.66. The molecule has 3 aromatic rings. The molecule has 3 N–H and O–H groups in total. The van der Waals surface area contributed by atoms with Gasteiger partial charge >= 0.3 is 11.8 Å². The van der Waals surface area contributed by atoms with Crippen molar-refractivity contribution in [1.82, 2.24) is 30.5 Å². The van der Waals surface area contributed by atoms with Gasteiger partial charge in [-0.2, -0.15) is 0 Å². The Bertz CT molecular complexity index is 1290. The number of nitrogens with zero attached hydrogens (tertiary/aromatic N) is 4. The average Bonchev–Trinajstić information content (AvgIpc) is 3.56. The van der Waals surface area contributed by atoms with Crippen LogP contribution in [0.25, 0.3) is 0 Å². The van der Waals surface area contributed by atoms with E-state index in [1.54, 1.807) is 23.6 Å². The number of aromatic nitrogens is 3. The van der Waals surface area contributed by atoms with Crippen LogP contribution in [0.3, 0.4) is 0 Å². The lowest BCUT2D eigenvalue weighted by Crippen LogP contribution is -2.56. The van der Waals surface area contributed by atoms with Crippen LogP contribution in [0.2, 0.25) is 5.02 Å². The van der Waals surface area contributed by atoms with E-state index >= 15 is 0 Å². The summed E-state index contributed by atoms with van der Waals surface area (Å²) in [5, 5.41) is 12.2. The van der Waals surface area contributed by atoms with Crippen LogP contribution in [-0.4, -0.2) is 63.2 Å². The Kier molecular flexibility index (Phi) is 9.32. The molecule has 3 atom stereocenters. The maximum atomic E-state index is 13.2. The second-order valence-corrected chi connectivity index (χ2v) is 11.7. The number of thiazole rings is 2. The lowest BCUT2D eigenvalue weighted by molar-refractivity contribution is -0.136. The highest BCUT2D eigenvalue weighted by Crippen LogP contribution is 2.34. The predicted molar refractivity (Wildman–Crippen MR) is 149 cm³/mol. The topological polar surface area (TPSA) is 129 Å². The summed E-state index contributed by atoms with van der Waals surface area (Å²) in [6, 6.07) is 2.28. The molecule has 4 heterocycles. The van der Waals surface area contributed by atoms with Crippen LogP contribution in [0.5, 0.6) is 0 Å². The molecular weight excluding hydrogens is 569 g/mol. The molecule has 10 nitrogen and oxygen atoms in total. The number of likely N-dealkylation sites (N-methyl/N-ethyl adjacent to an activating group) is 1. The fraction of sp³-hybridized carbons (Fsp3) is 0.417. The van der Waals surface area contributed by atoms with Crippen LogP contribution < -0.4 is 16.0 Å². The molecular formula is C24H27Cl2N7O3S2. The zero-order valence-electron chi connectivity index (χ0n) is 20.5. The Labute approximate surface area is 239 Å². The molecule has 14 heteroatoms. The van der Waals surface area contributed by atoms with Crippen molar-refractivity contribution in [3.8, 4) is 0 Å². The molecule has 3 amide bonds. The summed E-state index contributed by atoms with van der Waals surface area (Å²) in [6.45, 7) is 1.70. The number of halogens is 2.